The Morgan fingerprint density at radius 1 is 0.914 bits per heavy atom. The molecule has 0 radical (unpaired) electrons. The molecular weight excluding hydrogens is 430 g/mol. The predicted octanol–water partition coefficient (Wildman–Crippen LogP) is 6.52. The van der Waals surface area contributed by atoms with Gasteiger partial charge in [-0.2, -0.15) is 10.5 Å². The van der Waals surface area contributed by atoms with Crippen molar-refractivity contribution in [2.75, 3.05) is 0 Å². The lowest BCUT2D eigenvalue weighted by Gasteiger charge is -2.18. The Hall–Kier alpha value is -4.87. The Bertz CT molecular complexity index is 1820. The summed E-state index contributed by atoms with van der Waals surface area (Å²) in [6, 6.07) is 20.8. The molecule has 5 aromatic rings. The summed E-state index contributed by atoms with van der Waals surface area (Å²) in [4.78, 5) is 4.39. The molecule has 0 spiro atoms. The highest BCUT2D eigenvalue weighted by atomic mass is 15.1. The maximum Gasteiger partial charge on any atom is 0.0991 e. The number of pyridine rings is 1. The predicted molar refractivity (Wildman–Crippen MR) is 138 cm³/mol. The fraction of sp³-hybridized carbons (Fsp3) is 0.100. The van der Waals surface area contributed by atoms with Gasteiger partial charge in [-0.3, -0.25) is 4.98 Å². The summed E-state index contributed by atoms with van der Waals surface area (Å²) in [5.74, 6) is 0. The van der Waals surface area contributed by atoms with Crippen LogP contribution in [0.2, 0.25) is 0 Å². The van der Waals surface area contributed by atoms with Gasteiger partial charge in [0.2, 0.25) is 0 Å². The molecule has 0 bridgehead atoms. The lowest BCUT2D eigenvalue weighted by Crippen LogP contribution is -2.11. The van der Waals surface area contributed by atoms with E-state index >= 15 is 0 Å². The van der Waals surface area contributed by atoms with Crippen LogP contribution in [0.5, 0.6) is 0 Å². The molecule has 0 saturated carbocycles. The number of hydrogen-bond acceptors (Lipinski definition) is 3. The summed E-state index contributed by atoms with van der Waals surface area (Å²) in [7, 11) is 0. The van der Waals surface area contributed by atoms with Gasteiger partial charge in [-0.05, 0) is 55.3 Å². The first-order valence-electron chi connectivity index (χ1n) is 11.7. The van der Waals surface area contributed by atoms with Gasteiger partial charge < -0.3 is 9.13 Å². The number of allylic oxidation sites excluding steroid dienone is 5. The molecule has 164 valence electrons. The summed E-state index contributed by atoms with van der Waals surface area (Å²) in [6.45, 7) is 0. The van der Waals surface area contributed by atoms with Crippen molar-refractivity contribution in [2.24, 2.45) is 0 Å². The number of benzene rings is 2. The smallest absolute Gasteiger partial charge is 0.0991 e. The van der Waals surface area contributed by atoms with Crippen molar-refractivity contribution in [3.8, 4) is 12.1 Å². The average Bonchev–Trinajstić information content (AvgIpc) is 3.57. The van der Waals surface area contributed by atoms with Gasteiger partial charge in [-0.25, -0.2) is 0 Å². The van der Waals surface area contributed by atoms with Crippen molar-refractivity contribution in [1.29, 1.82) is 10.5 Å². The molecule has 2 aliphatic carbocycles. The van der Waals surface area contributed by atoms with Crippen molar-refractivity contribution in [3.05, 3.63) is 102 Å². The van der Waals surface area contributed by atoms with Crippen LogP contribution >= 0.6 is 0 Å². The number of nitriles is 2. The van der Waals surface area contributed by atoms with E-state index in [0.29, 0.717) is 11.1 Å². The first-order valence-corrected chi connectivity index (χ1v) is 11.7. The van der Waals surface area contributed by atoms with Gasteiger partial charge in [0.05, 0.1) is 46.5 Å². The van der Waals surface area contributed by atoms with Crippen LogP contribution in [0.1, 0.15) is 29.3 Å². The minimum atomic E-state index is -0.214. The van der Waals surface area contributed by atoms with E-state index in [1.54, 1.807) is 0 Å². The quantitative estimate of drug-likeness (QED) is 0.308. The van der Waals surface area contributed by atoms with Crippen LogP contribution in [0.3, 0.4) is 0 Å². The van der Waals surface area contributed by atoms with Crippen LogP contribution < -0.4 is 0 Å². The standard InChI is InChI=1S/C30H19N5/c31-16-19-9-10-28-25(13-19)23-6-2-4-8-27(23)35(28)29-15-21(14-20(29)17-32)34-26-7-3-1-5-22(26)24-11-12-33-18-30(24)34/h1-3,5-7,9-15,18,29H,4,8H2. The van der Waals surface area contributed by atoms with E-state index in [2.05, 4.69) is 62.7 Å². The molecule has 0 aliphatic heterocycles. The zero-order chi connectivity index (χ0) is 23.5. The first kappa shape index (κ1) is 19.6. The number of rotatable bonds is 2. The summed E-state index contributed by atoms with van der Waals surface area (Å²) < 4.78 is 4.50. The van der Waals surface area contributed by atoms with Gasteiger partial charge in [-0.1, -0.05) is 30.4 Å². The maximum absolute atomic E-state index is 10.2. The van der Waals surface area contributed by atoms with Gasteiger partial charge in [-0.15, -0.1) is 0 Å². The van der Waals surface area contributed by atoms with Gasteiger partial charge in [0.15, 0.2) is 0 Å². The zero-order valence-electron chi connectivity index (χ0n) is 18.8. The lowest BCUT2D eigenvalue weighted by atomic mass is 10.0. The summed E-state index contributed by atoms with van der Waals surface area (Å²) >= 11 is 0. The summed E-state index contributed by atoms with van der Waals surface area (Å²) in [5.41, 5.74) is 7.86. The van der Waals surface area contributed by atoms with E-state index in [9.17, 15) is 10.5 Å². The molecule has 1 atom stereocenters. The zero-order valence-corrected chi connectivity index (χ0v) is 18.8. The van der Waals surface area contributed by atoms with Crippen LogP contribution in [-0.2, 0) is 6.42 Å². The van der Waals surface area contributed by atoms with Gasteiger partial charge >= 0.3 is 0 Å². The SMILES string of the molecule is N#CC1=CC(n2c3ccccc3c3ccncc32)=CC1n1c2c(c3cc(C#N)ccc31)C=CCC2. The number of nitrogens with zero attached hydrogens (tertiary/aromatic N) is 5. The molecular formula is C30H19N5. The number of aromatic nitrogens is 3. The minimum Gasteiger partial charge on any atom is -0.332 e. The van der Waals surface area contributed by atoms with E-state index in [-0.39, 0.29) is 6.04 Å². The Labute approximate surface area is 201 Å². The Balaban J connectivity index is 1.50. The third kappa shape index (κ3) is 2.70. The van der Waals surface area contributed by atoms with Crippen LogP contribution in [0.4, 0.5) is 0 Å². The third-order valence-corrected chi connectivity index (χ3v) is 7.20. The van der Waals surface area contributed by atoms with Crippen LogP contribution in [0.15, 0.2) is 84.7 Å². The van der Waals surface area contributed by atoms with E-state index < -0.39 is 0 Å². The third-order valence-electron chi connectivity index (χ3n) is 7.20. The Morgan fingerprint density at radius 3 is 2.69 bits per heavy atom. The lowest BCUT2D eigenvalue weighted by molar-refractivity contribution is 0.686. The average molecular weight is 450 g/mol. The topological polar surface area (TPSA) is 70.3 Å². The first-order chi connectivity index (χ1) is 17.3. The van der Waals surface area contributed by atoms with Crippen LogP contribution in [-0.4, -0.2) is 14.1 Å². The number of para-hydroxylation sites is 1. The van der Waals surface area contributed by atoms with E-state index in [1.165, 1.54) is 11.1 Å². The second kappa shape index (κ2) is 7.32. The summed E-state index contributed by atoms with van der Waals surface area (Å²) in [6.07, 6.45) is 14.1. The van der Waals surface area contributed by atoms with Crippen molar-refractivity contribution in [2.45, 2.75) is 18.9 Å². The number of hydrogen-bond donors (Lipinski definition) is 0. The maximum atomic E-state index is 10.2. The highest BCUT2D eigenvalue weighted by Crippen LogP contribution is 2.42. The monoisotopic (exact) mass is 449 g/mol. The van der Waals surface area contributed by atoms with Gasteiger partial charge in [0.25, 0.3) is 0 Å². The van der Waals surface area contributed by atoms with Crippen LogP contribution in [0, 0.1) is 22.7 Å². The number of fused-ring (bicyclic) bond motifs is 6. The molecule has 7 rings (SSSR count). The van der Waals surface area contributed by atoms with E-state index in [1.807, 2.05) is 48.8 Å². The fourth-order valence-corrected chi connectivity index (χ4v) is 5.73. The van der Waals surface area contributed by atoms with Crippen molar-refractivity contribution >= 4 is 44.5 Å². The molecule has 5 nitrogen and oxygen atoms in total. The van der Waals surface area contributed by atoms with Gasteiger partial charge in [0.1, 0.15) is 0 Å². The minimum absolute atomic E-state index is 0.214. The molecule has 5 heteroatoms. The highest BCUT2D eigenvalue weighted by Gasteiger charge is 2.29. The molecule has 35 heavy (non-hydrogen) atoms. The van der Waals surface area contributed by atoms with Crippen molar-refractivity contribution < 1.29 is 0 Å². The summed E-state index contributed by atoms with van der Waals surface area (Å²) in [5, 5.41) is 23.0. The largest absolute Gasteiger partial charge is 0.332 e. The van der Waals surface area contributed by atoms with E-state index in [4.69, 9.17) is 0 Å². The molecule has 3 heterocycles. The van der Waals surface area contributed by atoms with Crippen molar-refractivity contribution in [1.82, 2.24) is 14.1 Å². The normalized spacial score (nSPS) is 16.8. The molecule has 0 amide bonds. The second-order valence-corrected chi connectivity index (χ2v) is 9.01. The highest BCUT2D eigenvalue weighted by molar-refractivity contribution is 6.10. The van der Waals surface area contributed by atoms with E-state index in [0.717, 1.165) is 51.4 Å². The second-order valence-electron chi connectivity index (χ2n) is 9.01. The molecule has 0 fully saturated rings. The molecule has 2 aliphatic rings. The van der Waals surface area contributed by atoms with Crippen LogP contribution in [0.25, 0.3) is 44.5 Å². The Morgan fingerprint density at radius 2 is 1.80 bits per heavy atom. The fourth-order valence-electron chi connectivity index (χ4n) is 5.73. The van der Waals surface area contributed by atoms with Gasteiger partial charge in [0, 0.05) is 44.8 Å². The Kier molecular flexibility index (Phi) is 4.09. The molecule has 0 saturated heterocycles. The van der Waals surface area contributed by atoms with Crippen molar-refractivity contribution in [3.63, 3.8) is 0 Å². The molecule has 1 unspecified atom stereocenters. The molecule has 2 aromatic carbocycles. The molecule has 3 aromatic heterocycles. The molecule has 0 N–H and O–H groups in total.